The minimum atomic E-state index is -1.53. The summed E-state index contributed by atoms with van der Waals surface area (Å²) in [6, 6.07) is 9.21. The lowest BCUT2D eigenvalue weighted by Crippen LogP contribution is -2.59. The summed E-state index contributed by atoms with van der Waals surface area (Å²) in [6.07, 6.45) is 0.274. The van der Waals surface area contributed by atoms with E-state index in [2.05, 4.69) is 32.6 Å². The molecule has 0 bridgehead atoms. The van der Waals surface area contributed by atoms with Gasteiger partial charge in [0.1, 0.15) is 34.4 Å². The molecule has 3 aliphatic carbocycles. The minimum absolute atomic E-state index is 0.0521. The Balaban J connectivity index is 1.74. The van der Waals surface area contributed by atoms with Crippen molar-refractivity contribution in [3.8, 4) is 11.5 Å². The molecule has 3 aliphatic rings. The van der Waals surface area contributed by atoms with E-state index < -0.39 is 57.9 Å². The number of rotatable bonds is 8. The third-order valence-corrected chi connectivity index (χ3v) is 10.7. The molecule has 0 saturated carbocycles. The molecule has 1 amide bonds. The Bertz CT molecular complexity index is 1690. The van der Waals surface area contributed by atoms with E-state index in [0.717, 1.165) is 0 Å². The zero-order valence-corrected chi connectivity index (χ0v) is 28.5. The summed E-state index contributed by atoms with van der Waals surface area (Å²) in [5, 5.41) is 23.1. The van der Waals surface area contributed by atoms with E-state index in [1.807, 2.05) is 6.92 Å². The maximum Gasteiger partial charge on any atom is 0.255 e. The van der Waals surface area contributed by atoms with Crippen molar-refractivity contribution in [2.24, 2.45) is 28.4 Å². The van der Waals surface area contributed by atoms with Crippen LogP contribution in [0.1, 0.15) is 69.4 Å². The van der Waals surface area contributed by atoms with Crippen molar-refractivity contribution in [3.63, 3.8) is 0 Å². The summed E-state index contributed by atoms with van der Waals surface area (Å²) >= 11 is 0. The number of benzene rings is 2. The number of allylic oxidation sites excluding steroid dienone is 1. The molecule has 10 heteroatoms. The van der Waals surface area contributed by atoms with Crippen molar-refractivity contribution < 1.29 is 33.7 Å². The smallest absolute Gasteiger partial charge is 0.255 e. The first kappa shape index (κ1) is 34.3. The van der Waals surface area contributed by atoms with E-state index in [1.165, 1.54) is 6.07 Å². The van der Waals surface area contributed by atoms with Gasteiger partial charge in [-0.3, -0.25) is 24.2 Å². The van der Waals surface area contributed by atoms with Gasteiger partial charge in [0.25, 0.3) is 5.91 Å². The lowest BCUT2D eigenvalue weighted by atomic mass is 9.54. The van der Waals surface area contributed by atoms with E-state index >= 15 is 4.39 Å². The molecule has 9 nitrogen and oxygen atoms in total. The number of carbonyl (C=O) groups is 3. The molecule has 2 aromatic carbocycles. The molecule has 0 saturated heterocycles. The van der Waals surface area contributed by atoms with Gasteiger partial charge >= 0.3 is 0 Å². The van der Waals surface area contributed by atoms with Gasteiger partial charge in [0.15, 0.2) is 11.6 Å². The van der Waals surface area contributed by atoms with Crippen LogP contribution in [-0.2, 0) is 22.6 Å². The lowest BCUT2D eigenvalue weighted by Gasteiger charge is -2.52. The maximum absolute atomic E-state index is 16.5. The number of ketones is 2. The van der Waals surface area contributed by atoms with Gasteiger partial charge in [0, 0.05) is 35.2 Å². The fourth-order valence-electron chi connectivity index (χ4n) is 7.79. The van der Waals surface area contributed by atoms with E-state index in [4.69, 9.17) is 10.5 Å². The van der Waals surface area contributed by atoms with Gasteiger partial charge in [-0.15, -0.1) is 0 Å². The van der Waals surface area contributed by atoms with Crippen molar-refractivity contribution in [1.82, 2.24) is 9.80 Å². The maximum atomic E-state index is 16.5. The average molecular weight is 648 g/mol. The van der Waals surface area contributed by atoms with Gasteiger partial charge in [0.2, 0.25) is 0 Å². The molecule has 252 valence electrons. The van der Waals surface area contributed by atoms with E-state index in [9.17, 15) is 24.6 Å². The van der Waals surface area contributed by atoms with Crippen LogP contribution in [0.2, 0.25) is 0 Å². The van der Waals surface area contributed by atoms with Crippen LogP contribution in [0.5, 0.6) is 11.5 Å². The van der Waals surface area contributed by atoms with E-state index in [0.29, 0.717) is 17.9 Å². The largest absolute Gasteiger partial charge is 0.510 e. The Morgan fingerprint density at radius 1 is 1.17 bits per heavy atom. The van der Waals surface area contributed by atoms with Crippen LogP contribution in [0.4, 0.5) is 4.39 Å². The number of Topliss-reactive ketones (excluding diaryl/α,β-unsaturated/α-hetero) is 2. The Labute approximate surface area is 275 Å². The average Bonchev–Trinajstić information content (AvgIpc) is 2.99. The monoisotopic (exact) mass is 647 g/mol. The lowest BCUT2D eigenvalue weighted by molar-refractivity contribution is -0.129. The number of para-hydroxylation sites is 1. The Hall–Kier alpha value is -4.02. The van der Waals surface area contributed by atoms with Crippen molar-refractivity contribution in [2.45, 2.75) is 73.0 Å². The summed E-state index contributed by atoms with van der Waals surface area (Å²) < 4.78 is 23.0. The minimum Gasteiger partial charge on any atom is -0.510 e. The van der Waals surface area contributed by atoms with Crippen LogP contribution >= 0.6 is 0 Å². The van der Waals surface area contributed by atoms with Gasteiger partial charge in [-0.05, 0) is 76.9 Å². The zero-order chi connectivity index (χ0) is 34.7. The van der Waals surface area contributed by atoms with Crippen molar-refractivity contribution in [1.29, 1.82) is 0 Å². The number of halogens is 1. The van der Waals surface area contributed by atoms with Crippen molar-refractivity contribution in [2.75, 3.05) is 20.6 Å². The highest BCUT2D eigenvalue weighted by Crippen LogP contribution is 2.58. The number of phenolic OH excluding ortho intramolecular Hbond substituents is 1. The van der Waals surface area contributed by atoms with E-state index in [-0.39, 0.29) is 59.1 Å². The number of aromatic hydroxyl groups is 1. The third kappa shape index (κ3) is 5.55. The first-order valence-corrected chi connectivity index (χ1v) is 16.2. The SMILES string of the molecule is CCN(Cc1cc(O)c2c(c1F)C[C@H]1C[C@H]3[C@H](N(C)C)C(=O)C(C(N)=O)=C(O)[C@@]3(C)C(Oc3ccccc3)=C1C2=O)[C@H](C)C(C)(C)C. The second-order valence-electron chi connectivity index (χ2n) is 14.6. The van der Waals surface area contributed by atoms with Crippen molar-refractivity contribution in [3.05, 3.63) is 81.6 Å². The third-order valence-electron chi connectivity index (χ3n) is 10.7. The molecule has 0 fully saturated rings. The number of aliphatic hydroxyl groups is 1. The quantitative estimate of drug-likeness (QED) is 0.329. The highest BCUT2D eigenvalue weighted by molar-refractivity contribution is 6.22. The van der Waals surface area contributed by atoms with Crippen LogP contribution in [0.25, 0.3) is 0 Å². The number of primary amides is 1. The standard InChI is InChI=1S/C37H46FN3O6/c1-9-41(19(2)36(3,4)5)18-21-17-25(42)27-23(29(21)38)15-20-16-24-30(40(7)8)32(44)28(35(39)46)33(45)37(24,6)34(26(20)31(27)43)47-22-13-11-10-12-14-22/h10-14,17,19-20,24,30,42,45H,9,15-16,18H2,1-8H3,(H2,39,46)/t19-,20+,24+,30+,37+/m1/s1. The molecule has 5 atom stereocenters. The molecule has 0 spiro atoms. The predicted molar refractivity (Wildman–Crippen MR) is 176 cm³/mol. The van der Waals surface area contributed by atoms with Crippen LogP contribution in [-0.4, -0.2) is 70.2 Å². The van der Waals surface area contributed by atoms with E-state index in [1.54, 1.807) is 56.3 Å². The number of hydrogen-bond acceptors (Lipinski definition) is 8. The molecular formula is C37H46FN3O6. The Kier molecular flexibility index (Phi) is 8.92. The highest BCUT2D eigenvalue weighted by atomic mass is 19.1. The summed E-state index contributed by atoms with van der Waals surface area (Å²) in [7, 11) is 3.40. The predicted octanol–water partition coefficient (Wildman–Crippen LogP) is 5.31. The summed E-state index contributed by atoms with van der Waals surface area (Å²) in [4.78, 5) is 44.7. The Morgan fingerprint density at radius 2 is 1.81 bits per heavy atom. The number of nitrogens with zero attached hydrogens (tertiary/aromatic N) is 2. The first-order chi connectivity index (χ1) is 21.9. The molecule has 0 aliphatic heterocycles. The second-order valence-corrected chi connectivity index (χ2v) is 14.6. The zero-order valence-electron chi connectivity index (χ0n) is 28.5. The van der Waals surface area contributed by atoms with Crippen LogP contribution in [0.15, 0.2) is 59.1 Å². The summed E-state index contributed by atoms with van der Waals surface area (Å²) in [5.74, 6) is -4.62. The molecule has 0 radical (unpaired) electrons. The number of hydrogen-bond donors (Lipinski definition) is 3. The number of carbonyl (C=O) groups excluding carboxylic acids is 3. The van der Waals surface area contributed by atoms with Gasteiger partial charge in [-0.2, -0.15) is 0 Å². The van der Waals surface area contributed by atoms with Gasteiger partial charge in [-0.25, -0.2) is 4.39 Å². The second kappa shape index (κ2) is 12.2. The topological polar surface area (TPSA) is 133 Å². The molecule has 47 heavy (non-hydrogen) atoms. The van der Waals surface area contributed by atoms with Crippen LogP contribution < -0.4 is 10.5 Å². The molecule has 4 N–H and O–H groups in total. The Morgan fingerprint density at radius 3 is 2.36 bits per heavy atom. The normalized spacial score (nSPS) is 25.1. The number of aliphatic hydroxyl groups excluding tert-OH is 1. The van der Waals surface area contributed by atoms with Gasteiger partial charge in [-0.1, -0.05) is 45.9 Å². The number of nitrogens with two attached hydrogens (primary N) is 1. The number of likely N-dealkylation sites (N-methyl/N-ethyl adjacent to an activating group) is 1. The fraction of sp³-hybridized carbons (Fsp3) is 0.486. The van der Waals surface area contributed by atoms with Gasteiger partial charge < -0.3 is 20.7 Å². The molecular weight excluding hydrogens is 601 g/mol. The molecule has 0 heterocycles. The van der Waals surface area contributed by atoms with Crippen molar-refractivity contribution >= 4 is 17.5 Å². The fourth-order valence-corrected chi connectivity index (χ4v) is 7.79. The molecule has 0 aromatic heterocycles. The highest BCUT2D eigenvalue weighted by Gasteiger charge is 2.61. The molecule has 5 rings (SSSR count). The summed E-state index contributed by atoms with van der Waals surface area (Å²) in [6.45, 7) is 13.0. The number of amides is 1. The van der Waals surface area contributed by atoms with Gasteiger partial charge in [0.05, 0.1) is 17.0 Å². The first-order valence-electron chi connectivity index (χ1n) is 16.2. The van der Waals surface area contributed by atoms with Crippen LogP contribution in [0, 0.1) is 28.5 Å². The number of phenols is 1. The number of fused-ring (bicyclic) bond motifs is 3. The van der Waals surface area contributed by atoms with Crippen LogP contribution in [0.3, 0.4) is 0 Å². The molecule has 2 aromatic rings. The summed E-state index contributed by atoms with van der Waals surface area (Å²) in [5.41, 5.74) is 3.96. The number of ether oxygens (including phenoxy) is 1. The molecule has 0 unspecified atom stereocenters.